The van der Waals surface area contributed by atoms with Gasteiger partial charge in [0.05, 0.1) is 6.20 Å². The van der Waals surface area contributed by atoms with Gasteiger partial charge < -0.3 is 5.32 Å². The second-order valence-electron chi connectivity index (χ2n) is 6.53. The van der Waals surface area contributed by atoms with Crippen molar-refractivity contribution in [3.8, 4) is 0 Å². The van der Waals surface area contributed by atoms with Crippen molar-refractivity contribution >= 4 is 17.5 Å². The van der Waals surface area contributed by atoms with Crippen LogP contribution in [-0.2, 0) is 11.2 Å². The maximum atomic E-state index is 12.3. The Kier molecular flexibility index (Phi) is 6.92. The molecule has 2 rings (SSSR count). The van der Waals surface area contributed by atoms with Crippen LogP contribution in [0.15, 0.2) is 36.5 Å². The SMILES string of the molecule is CCCCc1ccc(C(=O)CCC(=O)Nc2ccnn2C(C)C)cc1. The molecule has 2 aromatic rings. The van der Waals surface area contributed by atoms with Crippen LogP contribution in [0.25, 0.3) is 0 Å². The fraction of sp³-hybridized carbons (Fsp3) is 0.450. The molecule has 0 aliphatic rings. The number of aromatic nitrogens is 2. The number of ketones is 1. The lowest BCUT2D eigenvalue weighted by atomic mass is 10.0. The van der Waals surface area contributed by atoms with Crippen LogP contribution in [0.3, 0.4) is 0 Å². The van der Waals surface area contributed by atoms with Gasteiger partial charge in [-0.05, 0) is 32.3 Å². The number of carbonyl (C=O) groups excluding carboxylic acids is 2. The molecule has 0 radical (unpaired) electrons. The zero-order valence-electron chi connectivity index (χ0n) is 15.3. The monoisotopic (exact) mass is 341 g/mol. The van der Waals surface area contributed by atoms with Gasteiger partial charge in [0, 0.05) is 30.5 Å². The molecular formula is C20H27N3O2. The quantitative estimate of drug-likeness (QED) is 0.687. The normalized spacial score (nSPS) is 10.9. The molecule has 1 amide bonds. The minimum atomic E-state index is -0.171. The summed E-state index contributed by atoms with van der Waals surface area (Å²) in [7, 11) is 0. The Bertz CT molecular complexity index is 702. The summed E-state index contributed by atoms with van der Waals surface area (Å²) in [4.78, 5) is 24.3. The van der Waals surface area contributed by atoms with Crippen LogP contribution in [0.5, 0.6) is 0 Å². The predicted molar refractivity (Wildman–Crippen MR) is 99.9 cm³/mol. The summed E-state index contributed by atoms with van der Waals surface area (Å²) in [6.45, 7) is 6.16. The van der Waals surface area contributed by atoms with Gasteiger partial charge in [-0.15, -0.1) is 0 Å². The van der Waals surface area contributed by atoms with Crippen molar-refractivity contribution < 1.29 is 9.59 Å². The smallest absolute Gasteiger partial charge is 0.225 e. The number of anilines is 1. The molecule has 0 spiro atoms. The highest BCUT2D eigenvalue weighted by Crippen LogP contribution is 2.14. The molecule has 1 aromatic carbocycles. The van der Waals surface area contributed by atoms with E-state index >= 15 is 0 Å². The van der Waals surface area contributed by atoms with E-state index in [1.807, 2.05) is 38.1 Å². The Morgan fingerprint density at radius 1 is 1.12 bits per heavy atom. The van der Waals surface area contributed by atoms with Crippen LogP contribution in [0, 0.1) is 0 Å². The topological polar surface area (TPSA) is 64.0 Å². The highest BCUT2D eigenvalue weighted by Gasteiger charge is 2.12. The molecule has 0 aliphatic heterocycles. The third-order valence-electron chi connectivity index (χ3n) is 4.10. The number of unbranched alkanes of at least 4 members (excludes halogenated alkanes) is 1. The standard InChI is InChI=1S/C20H27N3O2/c1-4-5-6-16-7-9-17(10-8-16)18(24)11-12-20(25)22-19-13-14-21-23(19)15(2)3/h7-10,13-15H,4-6,11-12H2,1-3H3,(H,22,25). The van der Waals surface area contributed by atoms with Gasteiger partial charge in [-0.3, -0.25) is 9.59 Å². The van der Waals surface area contributed by atoms with Crippen molar-refractivity contribution in [3.05, 3.63) is 47.7 Å². The van der Waals surface area contributed by atoms with Gasteiger partial charge in [-0.25, -0.2) is 4.68 Å². The molecule has 1 aromatic heterocycles. The third kappa shape index (κ3) is 5.55. The van der Waals surface area contributed by atoms with Gasteiger partial charge in [-0.1, -0.05) is 37.6 Å². The number of rotatable bonds is 9. The summed E-state index contributed by atoms with van der Waals surface area (Å²) in [6.07, 6.45) is 5.37. The molecule has 0 atom stereocenters. The fourth-order valence-electron chi connectivity index (χ4n) is 2.64. The Labute approximate surface area is 149 Å². The van der Waals surface area contributed by atoms with Crippen molar-refractivity contribution in [1.29, 1.82) is 0 Å². The van der Waals surface area contributed by atoms with E-state index in [1.165, 1.54) is 5.56 Å². The number of benzene rings is 1. The largest absolute Gasteiger partial charge is 0.311 e. The number of hydrogen-bond donors (Lipinski definition) is 1. The molecule has 0 unspecified atom stereocenters. The molecule has 5 heteroatoms. The first-order chi connectivity index (χ1) is 12.0. The lowest BCUT2D eigenvalue weighted by Gasteiger charge is -2.11. The van der Waals surface area contributed by atoms with Crippen molar-refractivity contribution in [2.24, 2.45) is 0 Å². The van der Waals surface area contributed by atoms with Crippen LogP contribution in [0.1, 0.15) is 68.4 Å². The number of carbonyl (C=O) groups is 2. The Balaban J connectivity index is 1.84. The summed E-state index contributed by atoms with van der Waals surface area (Å²) < 4.78 is 1.74. The predicted octanol–water partition coefficient (Wildman–Crippen LogP) is 4.41. The van der Waals surface area contributed by atoms with Gasteiger partial charge in [0.1, 0.15) is 5.82 Å². The van der Waals surface area contributed by atoms with Crippen molar-refractivity contribution in [1.82, 2.24) is 9.78 Å². The Morgan fingerprint density at radius 3 is 2.48 bits per heavy atom. The minimum Gasteiger partial charge on any atom is -0.311 e. The first-order valence-corrected chi connectivity index (χ1v) is 8.96. The number of hydrogen-bond acceptors (Lipinski definition) is 3. The van der Waals surface area contributed by atoms with Crippen molar-refractivity contribution in [3.63, 3.8) is 0 Å². The molecule has 1 N–H and O–H groups in total. The molecule has 5 nitrogen and oxygen atoms in total. The number of nitrogens with zero attached hydrogens (tertiary/aromatic N) is 2. The van der Waals surface area contributed by atoms with E-state index < -0.39 is 0 Å². The van der Waals surface area contributed by atoms with E-state index in [0.717, 1.165) is 19.3 Å². The first-order valence-electron chi connectivity index (χ1n) is 8.96. The minimum absolute atomic E-state index is 0.00504. The number of nitrogens with one attached hydrogen (secondary N) is 1. The second kappa shape index (κ2) is 9.16. The summed E-state index contributed by atoms with van der Waals surface area (Å²) >= 11 is 0. The average molecular weight is 341 g/mol. The highest BCUT2D eigenvalue weighted by molar-refractivity contribution is 5.99. The zero-order valence-corrected chi connectivity index (χ0v) is 15.3. The van der Waals surface area contributed by atoms with Gasteiger partial charge in [0.15, 0.2) is 5.78 Å². The maximum Gasteiger partial charge on any atom is 0.225 e. The molecular weight excluding hydrogens is 314 g/mol. The van der Waals surface area contributed by atoms with E-state index in [2.05, 4.69) is 17.3 Å². The van der Waals surface area contributed by atoms with E-state index in [9.17, 15) is 9.59 Å². The third-order valence-corrected chi connectivity index (χ3v) is 4.10. The van der Waals surface area contributed by atoms with E-state index in [-0.39, 0.29) is 30.6 Å². The summed E-state index contributed by atoms with van der Waals surface area (Å²) in [6, 6.07) is 9.65. The Hall–Kier alpha value is -2.43. The van der Waals surface area contributed by atoms with Gasteiger partial charge in [0.2, 0.25) is 5.91 Å². The van der Waals surface area contributed by atoms with Crippen LogP contribution in [0.4, 0.5) is 5.82 Å². The maximum absolute atomic E-state index is 12.3. The number of amides is 1. The average Bonchev–Trinajstić information content (AvgIpc) is 3.06. The molecule has 134 valence electrons. The molecule has 0 saturated carbocycles. The molecule has 0 saturated heterocycles. The van der Waals surface area contributed by atoms with Crippen LogP contribution >= 0.6 is 0 Å². The molecule has 1 heterocycles. The highest BCUT2D eigenvalue weighted by atomic mass is 16.2. The number of Topliss-reactive ketones (excluding diaryl/α,β-unsaturated/α-hetero) is 1. The number of aryl methyl sites for hydroxylation is 1. The van der Waals surface area contributed by atoms with E-state index in [4.69, 9.17) is 0 Å². The lowest BCUT2D eigenvalue weighted by molar-refractivity contribution is -0.116. The molecule has 0 fully saturated rings. The Morgan fingerprint density at radius 2 is 1.84 bits per heavy atom. The van der Waals surface area contributed by atoms with Crippen LogP contribution in [0.2, 0.25) is 0 Å². The van der Waals surface area contributed by atoms with Crippen LogP contribution < -0.4 is 5.32 Å². The molecule has 0 bridgehead atoms. The van der Waals surface area contributed by atoms with Crippen LogP contribution in [-0.4, -0.2) is 21.5 Å². The molecule has 25 heavy (non-hydrogen) atoms. The second-order valence-corrected chi connectivity index (χ2v) is 6.53. The van der Waals surface area contributed by atoms with Gasteiger partial charge in [0.25, 0.3) is 0 Å². The zero-order chi connectivity index (χ0) is 18.2. The summed E-state index contributed by atoms with van der Waals surface area (Å²) in [5.74, 6) is 0.484. The van der Waals surface area contributed by atoms with Gasteiger partial charge >= 0.3 is 0 Å². The van der Waals surface area contributed by atoms with E-state index in [1.54, 1.807) is 16.9 Å². The van der Waals surface area contributed by atoms with Crippen molar-refractivity contribution in [2.45, 2.75) is 58.9 Å². The lowest BCUT2D eigenvalue weighted by Crippen LogP contribution is -2.17. The van der Waals surface area contributed by atoms with Gasteiger partial charge in [-0.2, -0.15) is 5.10 Å². The molecule has 0 aliphatic carbocycles. The van der Waals surface area contributed by atoms with E-state index in [0.29, 0.717) is 11.4 Å². The summed E-state index contributed by atoms with van der Waals surface area (Å²) in [5.41, 5.74) is 1.92. The van der Waals surface area contributed by atoms with Crippen molar-refractivity contribution in [2.75, 3.05) is 5.32 Å². The summed E-state index contributed by atoms with van der Waals surface area (Å²) in [5, 5.41) is 7.00. The first kappa shape index (κ1) is 18.9. The fourth-order valence-corrected chi connectivity index (χ4v) is 2.64.